The van der Waals surface area contributed by atoms with Crippen molar-refractivity contribution in [3.05, 3.63) is 60.7 Å². The van der Waals surface area contributed by atoms with Gasteiger partial charge in [0.25, 0.3) is 5.91 Å². The predicted octanol–water partition coefficient (Wildman–Crippen LogP) is 2.30. The van der Waals surface area contributed by atoms with Crippen molar-refractivity contribution in [1.82, 2.24) is 9.78 Å². The van der Waals surface area contributed by atoms with Crippen molar-refractivity contribution in [1.29, 1.82) is 0 Å². The number of ether oxygens (including phenoxy) is 2. The first-order valence-corrected chi connectivity index (χ1v) is 7.53. The number of nitrogens with one attached hydrogen (secondary N) is 1. The van der Waals surface area contributed by atoms with Gasteiger partial charge in [-0.2, -0.15) is 5.10 Å². The van der Waals surface area contributed by atoms with Gasteiger partial charge in [0, 0.05) is 6.07 Å². The van der Waals surface area contributed by atoms with Gasteiger partial charge in [-0.05, 0) is 24.3 Å². The van der Waals surface area contributed by atoms with Crippen molar-refractivity contribution >= 4 is 11.7 Å². The highest BCUT2D eigenvalue weighted by Crippen LogP contribution is 2.31. The minimum Gasteiger partial charge on any atom is -0.485 e. The SMILES string of the molecule is O=C(Nc1ccnn1Cc1ccco1)[C@H]1COc2ccccc2O1. The van der Waals surface area contributed by atoms with E-state index in [1.807, 2.05) is 30.3 Å². The number of aromatic nitrogens is 2. The largest absolute Gasteiger partial charge is 0.485 e. The number of hydrogen-bond acceptors (Lipinski definition) is 5. The first kappa shape index (κ1) is 14.4. The van der Waals surface area contributed by atoms with Crippen LogP contribution in [0.25, 0.3) is 0 Å². The summed E-state index contributed by atoms with van der Waals surface area (Å²) in [4.78, 5) is 12.4. The quantitative estimate of drug-likeness (QED) is 0.796. The van der Waals surface area contributed by atoms with Gasteiger partial charge < -0.3 is 19.2 Å². The number of para-hydroxylation sites is 2. The van der Waals surface area contributed by atoms with Crippen LogP contribution in [-0.2, 0) is 11.3 Å². The molecular formula is C17H15N3O4. The zero-order valence-electron chi connectivity index (χ0n) is 12.7. The molecule has 0 fully saturated rings. The van der Waals surface area contributed by atoms with E-state index in [2.05, 4.69) is 10.4 Å². The molecule has 0 spiro atoms. The number of furan rings is 1. The summed E-state index contributed by atoms with van der Waals surface area (Å²) in [5.41, 5.74) is 0. The number of rotatable bonds is 4. The van der Waals surface area contributed by atoms with Gasteiger partial charge in [0.05, 0.1) is 12.5 Å². The maximum absolute atomic E-state index is 12.4. The maximum atomic E-state index is 12.4. The molecule has 1 aliphatic heterocycles. The van der Waals surface area contributed by atoms with Crippen LogP contribution in [0.2, 0.25) is 0 Å². The highest BCUT2D eigenvalue weighted by atomic mass is 16.6. The van der Waals surface area contributed by atoms with Gasteiger partial charge >= 0.3 is 0 Å². The van der Waals surface area contributed by atoms with Crippen LogP contribution in [0.3, 0.4) is 0 Å². The van der Waals surface area contributed by atoms with Gasteiger partial charge in [-0.1, -0.05) is 12.1 Å². The second-order valence-corrected chi connectivity index (χ2v) is 5.31. The van der Waals surface area contributed by atoms with E-state index < -0.39 is 6.10 Å². The van der Waals surface area contributed by atoms with E-state index in [0.29, 0.717) is 23.9 Å². The highest BCUT2D eigenvalue weighted by molar-refractivity contribution is 5.94. The van der Waals surface area contributed by atoms with Crippen LogP contribution in [0.15, 0.2) is 59.3 Å². The van der Waals surface area contributed by atoms with Gasteiger partial charge in [-0.15, -0.1) is 0 Å². The zero-order chi connectivity index (χ0) is 16.4. The van der Waals surface area contributed by atoms with Gasteiger partial charge in [-0.25, -0.2) is 4.68 Å². The first-order chi connectivity index (χ1) is 11.8. The van der Waals surface area contributed by atoms with Crippen molar-refractivity contribution < 1.29 is 18.7 Å². The molecular weight excluding hydrogens is 310 g/mol. The Bertz CT molecular complexity index is 841. The molecule has 7 heteroatoms. The van der Waals surface area contributed by atoms with Gasteiger partial charge in [0.1, 0.15) is 24.7 Å². The van der Waals surface area contributed by atoms with Crippen molar-refractivity contribution in [3.63, 3.8) is 0 Å². The van der Waals surface area contributed by atoms with E-state index in [0.717, 1.165) is 5.76 Å². The second-order valence-electron chi connectivity index (χ2n) is 5.31. The molecule has 0 saturated heterocycles. The third-order valence-corrected chi connectivity index (χ3v) is 3.65. The molecule has 1 aliphatic rings. The van der Waals surface area contributed by atoms with E-state index in [1.165, 1.54) is 0 Å². The lowest BCUT2D eigenvalue weighted by Crippen LogP contribution is -2.40. The molecule has 2 aromatic heterocycles. The Balaban J connectivity index is 1.45. The molecule has 24 heavy (non-hydrogen) atoms. The lowest BCUT2D eigenvalue weighted by atomic mass is 10.2. The lowest BCUT2D eigenvalue weighted by molar-refractivity contribution is -0.125. The van der Waals surface area contributed by atoms with Gasteiger partial charge in [0.2, 0.25) is 6.10 Å². The van der Waals surface area contributed by atoms with Gasteiger partial charge in [0.15, 0.2) is 11.5 Å². The van der Waals surface area contributed by atoms with E-state index >= 15 is 0 Å². The minimum atomic E-state index is -0.716. The zero-order valence-corrected chi connectivity index (χ0v) is 12.7. The van der Waals surface area contributed by atoms with E-state index in [4.69, 9.17) is 13.9 Å². The Morgan fingerprint density at radius 2 is 2.08 bits per heavy atom. The van der Waals surface area contributed by atoms with Crippen molar-refractivity contribution in [2.24, 2.45) is 0 Å². The third kappa shape index (κ3) is 2.83. The van der Waals surface area contributed by atoms with Crippen molar-refractivity contribution in [2.45, 2.75) is 12.6 Å². The number of carbonyl (C=O) groups excluding carboxylic acids is 1. The molecule has 1 N–H and O–H groups in total. The summed E-state index contributed by atoms with van der Waals surface area (Å²) in [5, 5.41) is 7.01. The average Bonchev–Trinajstić information content (AvgIpc) is 3.27. The van der Waals surface area contributed by atoms with Crippen LogP contribution in [0, 0.1) is 0 Å². The molecule has 0 radical (unpaired) electrons. The van der Waals surface area contributed by atoms with Crippen LogP contribution < -0.4 is 14.8 Å². The number of hydrogen-bond donors (Lipinski definition) is 1. The summed E-state index contributed by atoms with van der Waals surface area (Å²) < 4.78 is 18.2. The van der Waals surface area contributed by atoms with Crippen molar-refractivity contribution in [2.75, 3.05) is 11.9 Å². The van der Waals surface area contributed by atoms with Crippen LogP contribution >= 0.6 is 0 Å². The second kappa shape index (κ2) is 6.11. The Labute approximate surface area is 137 Å². The van der Waals surface area contributed by atoms with E-state index in [-0.39, 0.29) is 12.5 Å². The van der Waals surface area contributed by atoms with Crippen molar-refractivity contribution in [3.8, 4) is 11.5 Å². The number of benzene rings is 1. The smallest absolute Gasteiger partial charge is 0.270 e. The van der Waals surface area contributed by atoms with Crippen LogP contribution in [0.1, 0.15) is 5.76 Å². The Kier molecular flexibility index (Phi) is 3.66. The highest BCUT2D eigenvalue weighted by Gasteiger charge is 2.27. The van der Waals surface area contributed by atoms with E-state index in [1.54, 1.807) is 29.3 Å². The normalized spacial score (nSPS) is 15.9. The minimum absolute atomic E-state index is 0.162. The molecule has 7 nitrogen and oxygen atoms in total. The molecule has 0 aliphatic carbocycles. The Morgan fingerprint density at radius 3 is 2.92 bits per heavy atom. The lowest BCUT2D eigenvalue weighted by Gasteiger charge is -2.25. The third-order valence-electron chi connectivity index (χ3n) is 3.65. The summed E-state index contributed by atoms with van der Waals surface area (Å²) in [7, 11) is 0. The van der Waals surface area contributed by atoms with E-state index in [9.17, 15) is 4.79 Å². The summed E-state index contributed by atoms with van der Waals surface area (Å²) >= 11 is 0. The summed E-state index contributed by atoms with van der Waals surface area (Å²) in [6.45, 7) is 0.593. The molecule has 0 bridgehead atoms. The molecule has 1 aromatic carbocycles. The molecule has 122 valence electrons. The molecule has 1 atom stereocenters. The summed E-state index contributed by atoms with van der Waals surface area (Å²) in [6, 6.07) is 12.6. The fourth-order valence-electron chi connectivity index (χ4n) is 2.47. The Morgan fingerprint density at radius 1 is 1.21 bits per heavy atom. The standard InChI is InChI=1S/C17H15N3O4/c21-17(15-11-23-13-5-1-2-6-14(13)24-15)19-16-7-8-18-20(16)10-12-4-3-9-22-12/h1-9,15H,10-11H2,(H,19,21)/t15-/m1/s1. The number of fused-ring (bicyclic) bond motifs is 1. The monoisotopic (exact) mass is 325 g/mol. The van der Waals surface area contributed by atoms with Crippen LogP contribution in [-0.4, -0.2) is 28.4 Å². The topological polar surface area (TPSA) is 78.5 Å². The summed E-state index contributed by atoms with van der Waals surface area (Å²) in [5.74, 6) is 2.24. The maximum Gasteiger partial charge on any atom is 0.270 e. The Hall–Kier alpha value is -3.22. The number of amides is 1. The fourth-order valence-corrected chi connectivity index (χ4v) is 2.47. The van der Waals surface area contributed by atoms with Crippen LogP contribution in [0.4, 0.5) is 5.82 Å². The molecule has 4 rings (SSSR count). The van der Waals surface area contributed by atoms with Gasteiger partial charge in [-0.3, -0.25) is 4.79 Å². The number of anilines is 1. The van der Waals surface area contributed by atoms with Crippen LogP contribution in [0.5, 0.6) is 11.5 Å². The number of nitrogens with zero attached hydrogens (tertiary/aromatic N) is 2. The molecule has 3 heterocycles. The molecule has 1 amide bonds. The number of carbonyl (C=O) groups is 1. The molecule has 0 unspecified atom stereocenters. The predicted molar refractivity (Wildman–Crippen MR) is 85.0 cm³/mol. The first-order valence-electron chi connectivity index (χ1n) is 7.53. The summed E-state index contributed by atoms with van der Waals surface area (Å²) in [6.07, 6.45) is 2.50. The molecule has 3 aromatic rings. The fraction of sp³-hybridized carbons (Fsp3) is 0.176. The average molecular weight is 325 g/mol. The molecule has 0 saturated carbocycles.